The molecule has 0 aliphatic carbocycles. The highest BCUT2D eigenvalue weighted by atomic mass is 16.5. The van der Waals surface area contributed by atoms with Gasteiger partial charge in [0.2, 0.25) is 0 Å². The third-order valence-corrected chi connectivity index (χ3v) is 2.25. The Morgan fingerprint density at radius 2 is 1.93 bits per heavy atom. The van der Waals surface area contributed by atoms with Crippen LogP contribution >= 0.6 is 0 Å². The monoisotopic (exact) mass is 211 g/mol. The lowest BCUT2D eigenvalue weighted by atomic mass is 10.0. The minimum Gasteiger partial charge on any atom is -0.395 e. The molecule has 0 aliphatic rings. The Kier molecular flexibility index (Phi) is 4.71. The molecule has 1 rings (SSSR count). The molecule has 0 bridgehead atoms. The van der Waals surface area contributed by atoms with Gasteiger partial charge < -0.3 is 20.7 Å². The fraction of sp³-hybridized carbons (Fsp3) is 0.455. The zero-order valence-electron chi connectivity index (χ0n) is 8.76. The molecule has 2 atom stereocenters. The fourth-order valence-corrected chi connectivity index (χ4v) is 1.32. The smallest absolute Gasteiger partial charge is 0.0963 e. The Morgan fingerprint density at radius 3 is 2.40 bits per heavy atom. The van der Waals surface area contributed by atoms with Crippen molar-refractivity contribution in [3.05, 3.63) is 35.4 Å². The molecule has 1 aromatic carbocycles. The molecular formula is C11H17NO3. The predicted molar refractivity (Wildman–Crippen MR) is 57.2 cm³/mol. The summed E-state index contributed by atoms with van der Waals surface area (Å²) in [6, 6.07) is 6.67. The lowest BCUT2D eigenvalue weighted by Gasteiger charge is -2.16. The maximum atomic E-state index is 9.69. The van der Waals surface area contributed by atoms with Crippen LogP contribution in [0.25, 0.3) is 0 Å². The Labute approximate surface area is 89.3 Å². The van der Waals surface area contributed by atoms with E-state index in [9.17, 15) is 5.11 Å². The van der Waals surface area contributed by atoms with E-state index in [-0.39, 0.29) is 6.61 Å². The second kappa shape index (κ2) is 5.82. The van der Waals surface area contributed by atoms with Crippen molar-refractivity contribution in [2.75, 3.05) is 13.7 Å². The molecule has 0 aliphatic heterocycles. The number of hydrogen-bond acceptors (Lipinski definition) is 4. The molecule has 0 radical (unpaired) electrons. The summed E-state index contributed by atoms with van der Waals surface area (Å²) in [5.41, 5.74) is 7.26. The maximum Gasteiger partial charge on any atom is 0.0963 e. The largest absolute Gasteiger partial charge is 0.395 e. The summed E-state index contributed by atoms with van der Waals surface area (Å²) in [7, 11) is 1.63. The Balaban J connectivity index is 2.70. The number of hydrogen-bond donors (Lipinski definition) is 3. The van der Waals surface area contributed by atoms with Crippen LogP contribution in [-0.4, -0.2) is 30.0 Å². The van der Waals surface area contributed by atoms with Gasteiger partial charge in [-0.2, -0.15) is 0 Å². The van der Waals surface area contributed by atoms with Gasteiger partial charge in [0.25, 0.3) is 0 Å². The molecule has 0 spiro atoms. The standard InChI is InChI=1S/C11H17NO3/c1-15-7-8-2-4-9(5-3-8)11(14)10(12)6-13/h2-5,10-11,13-14H,6-7,12H2,1H3. The average molecular weight is 211 g/mol. The quantitative estimate of drug-likeness (QED) is 0.649. The molecule has 0 saturated heterocycles. The molecule has 15 heavy (non-hydrogen) atoms. The third kappa shape index (κ3) is 3.28. The van der Waals surface area contributed by atoms with Crippen LogP contribution in [0.2, 0.25) is 0 Å². The number of aliphatic hydroxyl groups excluding tert-OH is 2. The summed E-state index contributed by atoms with van der Waals surface area (Å²) in [6.07, 6.45) is -0.827. The second-order valence-corrected chi connectivity index (χ2v) is 3.47. The van der Waals surface area contributed by atoms with Crippen molar-refractivity contribution >= 4 is 0 Å². The molecule has 0 amide bonds. The van der Waals surface area contributed by atoms with Crippen LogP contribution in [0.15, 0.2) is 24.3 Å². The maximum absolute atomic E-state index is 9.69. The van der Waals surface area contributed by atoms with Crippen molar-refractivity contribution in [1.82, 2.24) is 0 Å². The third-order valence-electron chi connectivity index (χ3n) is 2.25. The van der Waals surface area contributed by atoms with Gasteiger partial charge in [-0.1, -0.05) is 24.3 Å². The molecule has 0 saturated carbocycles. The Bertz CT molecular complexity index is 286. The summed E-state index contributed by atoms with van der Waals surface area (Å²) in [5, 5.41) is 18.5. The van der Waals surface area contributed by atoms with E-state index >= 15 is 0 Å². The number of rotatable bonds is 5. The van der Waals surface area contributed by atoms with Gasteiger partial charge in [-0.3, -0.25) is 0 Å². The summed E-state index contributed by atoms with van der Waals surface area (Å²) in [5.74, 6) is 0. The van der Waals surface area contributed by atoms with Gasteiger partial charge >= 0.3 is 0 Å². The van der Waals surface area contributed by atoms with Gasteiger partial charge in [-0.15, -0.1) is 0 Å². The van der Waals surface area contributed by atoms with Crippen molar-refractivity contribution in [1.29, 1.82) is 0 Å². The van der Waals surface area contributed by atoms with Gasteiger partial charge in [0.15, 0.2) is 0 Å². The molecule has 1 aromatic rings. The lowest BCUT2D eigenvalue weighted by molar-refractivity contribution is 0.109. The number of aliphatic hydroxyl groups is 2. The van der Waals surface area contributed by atoms with E-state index in [0.717, 1.165) is 5.56 Å². The zero-order chi connectivity index (χ0) is 11.3. The number of ether oxygens (including phenoxy) is 1. The van der Waals surface area contributed by atoms with Gasteiger partial charge in [-0.25, -0.2) is 0 Å². The molecule has 2 unspecified atom stereocenters. The highest BCUT2D eigenvalue weighted by molar-refractivity contribution is 5.24. The van der Waals surface area contributed by atoms with E-state index in [1.807, 2.05) is 12.1 Å². The number of methoxy groups -OCH3 is 1. The van der Waals surface area contributed by atoms with E-state index < -0.39 is 12.1 Å². The highest BCUT2D eigenvalue weighted by Crippen LogP contribution is 2.16. The van der Waals surface area contributed by atoms with Gasteiger partial charge in [-0.05, 0) is 11.1 Å². The molecule has 4 nitrogen and oxygen atoms in total. The molecule has 0 aromatic heterocycles. The first-order valence-electron chi connectivity index (χ1n) is 4.81. The normalized spacial score (nSPS) is 14.9. The molecule has 0 heterocycles. The van der Waals surface area contributed by atoms with Crippen LogP contribution in [0.5, 0.6) is 0 Å². The van der Waals surface area contributed by atoms with Gasteiger partial charge in [0.05, 0.1) is 25.4 Å². The van der Waals surface area contributed by atoms with E-state index in [1.54, 1.807) is 19.2 Å². The second-order valence-electron chi connectivity index (χ2n) is 3.47. The Morgan fingerprint density at radius 1 is 1.33 bits per heavy atom. The average Bonchev–Trinajstić information content (AvgIpc) is 2.28. The van der Waals surface area contributed by atoms with E-state index in [2.05, 4.69) is 0 Å². The van der Waals surface area contributed by atoms with Gasteiger partial charge in [0.1, 0.15) is 0 Å². The van der Waals surface area contributed by atoms with Gasteiger partial charge in [0, 0.05) is 7.11 Å². The lowest BCUT2D eigenvalue weighted by Crippen LogP contribution is -2.31. The van der Waals surface area contributed by atoms with Crippen molar-refractivity contribution in [3.8, 4) is 0 Å². The van der Waals surface area contributed by atoms with Crippen molar-refractivity contribution in [2.45, 2.75) is 18.8 Å². The van der Waals surface area contributed by atoms with Crippen LogP contribution in [0.4, 0.5) is 0 Å². The first-order valence-corrected chi connectivity index (χ1v) is 4.81. The fourth-order valence-electron chi connectivity index (χ4n) is 1.32. The predicted octanol–water partition coefficient (Wildman–Crippen LogP) is 0.186. The van der Waals surface area contributed by atoms with Crippen molar-refractivity contribution < 1.29 is 14.9 Å². The van der Waals surface area contributed by atoms with Crippen molar-refractivity contribution in [3.63, 3.8) is 0 Å². The van der Waals surface area contributed by atoms with Crippen molar-refractivity contribution in [2.24, 2.45) is 5.73 Å². The van der Waals surface area contributed by atoms with Crippen LogP contribution in [-0.2, 0) is 11.3 Å². The number of nitrogens with two attached hydrogens (primary N) is 1. The molecule has 4 heteroatoms. The molecule has 84 valence electrons. The van der Waals surface area contributed by atoms with E-state index in [1.165, 1.54) is 0 Å². The molecular weight excluding hydrogens is 194 g/mol. The first kappa shape index (κ1) is 12.1. The summed E-state index contributed by atoms with van der Waals surface area (Å²) in [6.45, 7) is 0.309. The molecule has 4 N–H and O–H groups in total. The van der Waals surface area contributed by atoms with Crippen LogP contribution in [0, 0.1) is 0 Å². The van der Waals surface area contributed by atoms with Crippen LogP contribution < -0.4 is 5.73 Å². The molecule has 0 fully saturated rings. The highest BCUT2D eigenvalue weighted by Gasteiger charge is 2.15. The topological polar surface area (TPSA) is 75.7 Å². The SMILES string of the molecule is COCc1ccc(C(O)C(N)CO)cc1. The van der Waals surface area contributed by atoms with E-state index in [4.69, 9.17) is 15.6 Å². The van der Waals surface area contributed by atoms with Crippen LogP contribution in [0.1, 0.15) is 17.2 Å². The van der Waals surface area contributed by atoms with Crippen LogP contribution in [0.3, 0.4) is 0 Å². The summed E-state index contributed by atoms with van der Waals surface area (Å²) < 4.78 is 4.97. The number of benzene rings is 1. The summed E-state index contributed by atoms with van der Waals surface area (Å²) in [4.78, 5) is 0. The summed E-state index contributed by atoms with van der Waals surface area (Å²) >= 11 is 0. The zero-order valence-corrected chi connectivity index (χ0v) is 8.76. The Hall–Kier alpha value is -0.940. The minimum absolute atomic E-state index is 0.235. The van der Waals surface area contributed by atoms with E-state index in [0.29, 0.717) is 12.2 Å². The minimum atomic E-state index is -0.827. The first-order chi connectivity index (χ1) is 7.19.